The number of hydrogen-bond donors (Lipinski definition) is 8. The third kappa shape index (κ3) is 13.4. The summed E-state index contributed by atoms with van der Waals surface area (Å²) in [6.07, 6.45) is 1.94. The molecule has 0 saturated heterocycles. The molecule has 13 heteroatoms. The quantitative estimate of drug-likeness (QED) is 0.0589. The number of nitrogens with zero attached hydrogens (tertiary/aromatic N) is 2. The van der Waals surface area contributed by atoms with Crippen LogP contribution in [-0.4, -0.2) is 49.3 Å². The van der Waals surface area contributed by atoms with E-state index in [1.807, 2.05) is 0 Å². The number of nitrogens with two attached hydrogens (primary N) is 4. The Bertz CT molecular complexity index is 516. The second-order valence-electron chi connectivity index (χ2n) is 5.16. The number of hydrazine groups is 1. The summed E-state index contributed by atoms with van der Waals surface area (Å²) in [5.41, 5.74) is 12.5. The predicted octanol–water partition coefficient (Wildman–Crippen LogP) is -3.75. The molecule has 0 rings (SSSR count). The van der Waals surface area contributed by atoms with Gasteiger partial charge in [-0.05, 0) is 19.3 Å². The fourth-order valence-electron chi connectivity index (χ4n) is 1.71. The number of carbonyl (C=O) groups is 3. The molecule has 13 nitrogen and oxygen atoms in total. The Morgan fingerprint density at radius 3 is 2.19 bits per heavy atom. The Balaban J connectivity index is 3.70. The van der Waals surface area contributed by atoms with Crippen molar-refractivity contribution in [1.82, 2.24) is 21.4 Å². The van der Waals surface area contributed by atoms with Gasteiger partial charge in [0, 0.05) is 25.9 Å². The molecule has 0 unspecified atom stereocenters. The molecule has 0 fully saturated rings. The van der Waals surface area contributed by atoms with Gasteiger partial charge in [0.25, 0.3) is 0 Å². The first-order chi connectivity index (χ1) is 12.4. The number of hydrazone groups is 1. The third-order valence-electron chi connectivity index (χ3n) is 2.98. The van der Waals surface area contributed by atoms with Crippen LogP contribution in [0.1, 0.15) is 32.1 Å². The zero-order valence-corrected chi connectivity index (χ0v) is 14.6. The van der Waals surface area contributed by atoms with Crippen molar-refractivity contribution in [2.24, 2.45) is 33.2 Å². The Hall–Kier alpha value is -3.09. The first-order valence-electron chi connectivity index (χ1n) is 8.02. The largest absolute Gasteiger partial charge is 0.370 e. The van der Waals surface area contributed by atoms with Gasteiger partial charge in [-0.3, -0.25) is 30.1 Å². The van der Waals surface area contributed by atoms with Crippen LogP contribution in [0, 0.1) is 0 Å². The van der Waals surface area contributed by atoms with Crippen molar-refractivity contribution < 1.29 is 14.4 Å². The Labute approximate surface area is 151 Å². The molecule has 148 valence electrons. The molecule has 0 saturated carbocycles. The van der Waals surface area contributed by atoms with Crippen molar-refractivity contribution in [1.29, 1.82) is 0 Å². The van der Waals surface area contributed by atoms with Crippen molar-refractivity contribution >= 4 is 29.6 Å². The second kappa shape index (κ2) is 14.3. The number of aliphatic imine (C=N–C) groups is 1. The minimum atomic E-state index is -0.390. The van der Waals surface area contributed by atoms with E-state index in [4.69, 9.17) is 23.2 Å². The van der Waals surface area contributed by atoms with E-state index in [-0.39, 0.29) is 43.1 Å². The predicted molar refractivity (Wildman–Crippen MR) is 96.9 cm³/mol. The number of carbonyl (C=O) groups excluding carboxylic acids is 3. The van der Waals surface area contributed by atoms with Crippen LogP contribution >= 0.6 is 0 Å². The van der Waals surface area contributed by atoms with Crippen LogP contribution in [0.3, 0.4) is 0 Å². The molecular formula is C13H28N10O3. The number of unbranched alkanes of at least 4 members (excludes halogenated alkanes) is 1. The van der Waals surface area contributed by atoms with Gasteiger partial charge < -0.3 is 27.9 Å². The summed E-state index contributed by atoms with van der Waals surface area (Å²) in [5, 5.41) is 10.6. The van der Waals surface area contributed by atoms with Crippen molar-refractivity contribution in [2.75, 3.05) is 19.6 Å². The maximum atomic E-state index is 11.6. The van der Waals surface area contributed by atoms with E-state index in [0.717, 1.165) is 12.8 Å². The molecule has 0 aliphatic rings. The summed E-state index contributed by atoms with van der Waals surface area (Å²) in [6, 6.07) is 0. The van der Waals surface area contributed by atoms with Crippen LogP contribution < -0.4 is 44.5 Å². The third-order valence-corrected chi connectivity index (χ3v) is 2.98. The minimum Gasteiger partial charge on any atom is -0.370 e. The number of rotatable bonds is 11. The van der Waals surface area contributed by atoms with E-state index in [1.165, 1.54) is 0 Å². The lowest BCUT2D eigenvalue weighted by Gasteiger charge is -2.07. The maximum Gasteiger partial charge on any atom is 0.239 e. The molecule has 0 atom stereocenters. The summed E-state index contributed by atoms with van der Waals surface area (Å²) in [7, 11) is 0. The van der Waals surface area contributed by atoms with Crippen molar-refractivity contribution in [2.45, 2.75) is 32.1 Å². The highest BCUT2D eigenvalue weighted by Crippen LogP contribution is 1.95. The van der Waals surface area contributed by atoms with E-state index < -0.39 is 5.91 Å². The van der Waals surface area contributed by atoms with Crippen LogP contribution in [0.15, 0.2) is 10.1 Å². The Morgan fingerprint density at radius 1 is 0.885 bits per heavy atom. The molecule has 0 aliphatic carbocycles. The van der Waals surface area contributed by atoms with Gasteiger partial charge in [-0.25, -0.2) is 5.84 Å². The number of hydrogen-bond acceptors (Lipinski definition) is 7. The van der Waals surface area contributed by atoms with Crippen LogP contribution in [0.2, 0.25) is 0 Å². The molecule has 0 aromatic heterocycles. The first kappa shape index (κ1) is 22.9. The lowest BCUT2D eigenvalue weighted by atomic mass is 10.2. The minimum absolute atomic E-state index is 0.0400. The van der Waals surface area contributed by atoms with Gasteiger partial charge >= 0.3 is 0 Å². The first-order valence-corrected chi connectivity index (χ1v) is 8.02. The highest BCUT2D eigenvalue weighted by Gasteiger charge is 2.08. The van der Waals surface area contributed by atoms with Gasteiger partial charge in [-0.1, -0.05) is 0 Å². The highest BCUT2D eigenvalue weighted by molar-refractivity contribution is 5.96. The fraction of sp³-hybridized carbons (Fsp3) is 0.615. The average molecular weight is 372 g/mol. The SMILES string of the molecule is N/N=C(\NN)NC(=O)CCCC(=O)NCC(=O)NCCCCN=C(N)N. The number of nitrogens with one attached hydrogen (secondary N) is 4. The van der Waals surface area contributed by atoms with Crippen LogP contribution in [-0.2, 0) is 14.4 Å². The second-order valence-corrected chi connectivity index (χ2v) is 5.16. The van der Waals surface area contributed by atoms with E-state index in [2.05, 4.69) is 31.5 Å². The van der Waals surface area contributed by atoms with Crippen molar-refractivity contribution in [3.63, 3.8) is 0 Å². The lowest BCUT2D eigenvalue weighted by molar-refractivity contribution is -0.126. The standard InChI is InChI=1S/C13H28N10O3/c14-12(15)19-7-2-1-6-18-11(26)8-20-9(24)4-3-5-10(25)21-13(22-16)23-17/h1-8,16-17H2,(H,18,26)(H,20,24)(H4,14,15,19)(H2,21,22,23,25). The average Bonchev–Trinajstić information content (AvgIpc) is 2.60. The molecule has 0 aromatic rings. The Kier molecular flexibility index (Phi) is 12.6. The van der Waals surface area contributed by atoms with Gasteiger partial charge in [0.15, 0.2) is 5.96 Å². The summed E-state index contributed by atoms with van der Waals surface area (Å²) in [4.78, 5) is 38.5. The zero-order chi connectivity index (χ0) is 19.8. The topological polar surface area (TPSA) is 228 Å². The van der Waals surface area contributed by atoms with Gasteiger partial charge in [0.1, 0.15) is 0 Å². The van der Waals surface area contributed by atoms with E-state index in [0.29, 0.717) is 19.5 Å². The molecule has 0 radical (unpaired) electrons. The highest BCUT2D eigenvalue weighted by atomic mass is 16.2. The van der Waals surface area contributed by atoms with Gasteiger partial charge in [0.2, 0.25) is 23.7 Å². The van der Waals surface area contributed by atoms with Crippen LogP contribution in [0.25, 0.3) is 0 Å². The number of guanidine groups is 2. The van der Waals surface area contributed by atoms with E-state index in [1.54, 1.807) is 0 Å². The zero-order valence-electron chi connectivity index (χ0n) is 14.6. The molecule has 0 bridgehead atoms. The molecule has 3 amide bonds. The molecule has 0 aliphatic heterocycles. The maximum absolute atomic E-state index is 11.6. The molecule has 26 heavy (non-hydrogen) atoms. The van der Waals surface area contributed by atoms with Gasteiger partial charge in [0.05, 0.1) is 6.54 Å². The molecule has 0 spiro atoms. The monoisotopic (exact) mass is 372 g/mol. The molecule has 0 aromatic carbocycles. The van der Waals surface area contributed by atoms with Gasteiger partial charge in [-0.2, -0.15) is 0 Å². The smallest absolute Gasteiger partial charge is 0.239 e. The van der Waals surface area contributed by atoms with Crippen LogP contribution in [0.4, 0.5) is 0 Å². The summed E-state index contributed by atoms with van der Waals surface area (Å²) < 4.78 is 0. The van der Waals surface area contributed by atoms with Crippen molar-refractivity contribution in [3.8, 4) is 0 Å². The number of amides is 3. The molecular weight excluding hydrogens is 344 g/mol. The molecule has 0 heterocycles. The van der Waals surface area contributed by atoms with Gasteiger partial charge in [-0.15, -0.1) is 5.10 Å². The Morgan fingerprint density at radius 2 is 1.58 bits per heavy atom. The van der Waals surface area contributed by atoms with Crippen LogP contribution in [0.5, 0.6) is 0 Å². The van der Waals surface area contributed by atoms with E-state index >= 15 is 0 Å². The van der Waals surface area contributed by atoms with E-state index in [9.17, 15) is 14.4 Å². The lowest BCUT2D eigenvalue weighted by Crippen LogP contribution is -2.45. The molecule has 12 N–H and O–H groups in total. The normalized spacial score (nSPS) is 10.6. The van der Waals surface area contributed by atoms with Crippen molar-refractivity contribution in [3.05, 3.63) is 0 Å². The summed E-state index contributed by atoms with van der Waals surface area (Å²) in [5.74, 6) is 8.96. The fourth-order valence-corrected chi connectivity index (χ4v) is 1.71. The summed E-state index contributed by atoms with van der Waals surface area (Å²) >= 11 is 0. The summed E-state index contributed by atoms with van der Waals surface area (Å²) in [6.45, 7) is 0.845.